The van der Waals surface area contributed by atoms with E-state index < -0.39 is 0 Å². The Labute approximate surface area is 118 Å². The van der Waals surface area contributed by atoms with Crippen molar-refractivity contribution in [2.24, 2.45) is 7.05 Å². The van der Waals surface area contributed by atoms with Crippen molar-refractivity contribution in [1.82, 2.24) is 15.1 Å². The quantitative estimate of drug-likeness (QED) is 0.884. The zero-order chi connectivity index (χ0) is 13.7. The Morgan fingerprint density at radius 3 is 2.84 bits per heavy atom. The molecule has 0 unspecified atom stereocenters. The number of nitrogens with one attached hydrogen (secondary N) is 1. The molecule has 1 heterocycles. The van der Waals surface area contributed by atoms with Gasteiger partial charge in [0.05, 0.1) is 10.7 Å². The number of benzene rings is 1. The first-order chi connectivity index (χ1) is 9.19. The number of ether oxygens (including phenoxy) is 1. The van der Waals surface area contributed by atoms with Gasteiger partial charge in [-0.2, -0.15) is 5.10 Å². The molecular weight excluding hydrogens is 262 g/mol. The van der Waals surface area contributed by atoms with Crippen molar-refractivity contribution in [3.8, 4) is 5.75 Å². The van der Waals surface area contributed by atoms with E-state index in [1.54, 1.807) is 4.68 Å². The van der Waals surface area contributed by atoms with Crippen LogP contribution >= 0.6 is 11.6 Å². The highest BCUT2D eigenvalue weighted by atomic mass is 35.5. The summed E-state index contributed by atoms with van der Waals surface area (Å²) in [5.41, 5.74) is 2.03. The lowest BCUT2D eigenvalue weighted by molar-refractivity contribution is 0.300. The Morgan fingerprint density at radius 2 is 2.21 bits per heavy atom. The predicted molar refractivity (Wildman–Crippen MR) is 76.4 cm³/mol. The van der Waals surface area contributed by atoms with Crippen LogP contribution < -0.4 is 10.1 Å². The van der Waals surface area contributed by atoms with Crippen LogP contribution in [0.25, 0.3) is 0 Å². The number of halogens is 1. The molecule has 0 fully saturated rings. The van der Waals surface area contributed by atoms with E-state index in [2.05, 4.69) is 17.3 Å². The molecule has 2 rings (SSSR count). The Morgan fingerprint density at radius 1 is 1.37 bits per heavy atom. The summed E-state index contributed by atoms with van der Waals surface area (Å²) in [6, 6.07) is 7.77. The van der Waals surface area contributed by atoms with Gasteiger partial charge in [0.25, 0.3) is 0 Å². The predicted octanol–water partition coefficient (Wildman–Crippen LogP) is 2.76. The minimum Gasteiger partial charge on any atom is -0.486 e. The molecule has 0 saturated carbocycles. The van der Waals surface area contributed by atoms with Gasteiger partial charge in [-0.3, -0.25) is 4.68 Å². The third kappa shape index (κ3) is 3.98. The number of nitrogens with zero attached hydrogens (tertiary/aromatic N) is 2. The highest BCUT2D eigenvalue weighted by molar-refractivity contribution is 6.32. The largest absolute Gasteiger partial charge is 0.486 e. The summed E-state index contributed by atoms with van der Waals surface area (Å²) in [5.74, 6) is 0.688. The molecular formula is C14H18ClN3O. The van der Waals surface area contributed by atoms with Crippen LogP contribution in [0.4, 0.5) is 0 Å². The maximum absolute atomic E-state index is 6.20. The molecule has 1 aromatic heterocycles. The zero-order valence-corrected chi connectivity index (χ0v) is 11.9. The summed E-state index contributed by atoms with van der Waals surface area (Å²) >= 11 is 6.20. The Balaban J connectivity index is 1.96. The van der Waals surface area contributed by atoms with Gasteiger partial charge in [-0.05, 0) is 30.3 Å². The molecule has 2 aromatic rings. The number of rotatable bonds is 6. The lowest BCUT2D eigenvalue weighted by Crippen LogP contribution is -2.11. The van der Waals surface area contributed by atoms with Crippen molar-refractivity contribution in [2.45, 2.75) is 20.1 Å². The molecule has 0 bridgehead atoms. The number of aromatic nitrogens is 2. The molecule has 1 N–H and O–H groups in total. The third-order valence-corrected chi connectivity index (χ3v) is 3.02. The van der Waals surface area contributed by atoms with Crippen molar-refractivity contribution in [3.63, 3.8) is 0 Å². The fourth-order valence-electron chi connectivity index (χ4n) is 1.73. The van der Waals surface area contributed by atoms with Gasteiger partial charge in [0.15, 0.2) is 0 Å². The van der Waals surface area contributed by atoms with Crippen molar-refractivity contribution >= 4 is 11.6 Å². The smallest absolute Gasteiger partial charge is 0.138 e. The summed E-state index contributed by atoms with van der Waals surface area (Å²) in [4.78, 5) is 0. The molecule has 0 radical (unpaired) electrons. The van der Waals surface area contributed by atoms with E-state index in [0.717, 1.165) is 24.3 Å². The van der Waals surface area contributed by atoms with Gasteiger partial charge in [0, 0.05) is 19.8 Å². The van der Waals surface area contributed by atoms with E-state index in [1.807, 2.05) is 37.5 Å². The lowest BCUT2D eigenvalue weighted by Gasteiger charge is -2.09. The van der Waals surface area contributed by atoms with Crippen LogP contribution in [0.15, 0.2) is 30.5 Å². The van der Waals surface area contributed by atoms with Gasteiger partial charge >= 0.3 is 0 Å². The van der Waals surface area contributed by atoms with E-state index in [4.69, 9.17) is 16.3 Å². The summed E-state index contributed by atoms with van der Waals surface area (Å²) in [6.45, 7) is 4.26. The second-order valence-corrected chi connectivity index (χ2v) is 4.72. The Hall–Kier alpha value is -1.52. The molecule has 102 valence electrons. The number of hydrogen-bond donors (Lipinski definition) is 1. The maximum Gasteiger partial charge on any atom is 0.138 e. The summed E-state index contributed by atoms with van der Waals surface area (Å²) in [5, 5.41) is 8.14. The van der Waals surface area contributed by atoms with Gasteiger partial charge in [-0.15, -0.1) is 0 Å². The van der Waals surface area contributed by atoms with Crippen LogP contribution in [0.5, 0.6) is 5.75 Å². The van der Waals surface area contributed by atoms with E-state index in [-0.39, 0.29) is 0 Å². The van der Waals surface area contributed by atoms with E-state index in [0.29, 0.717) is 17.4 Å². The minimum atomic E-state index is 0.424. The molecule has 0 aliphatic carbocycles. The zero-order valence-electron chi connectivity index (χ0n) is 11.2. The van der Waals surface area contributed by atoms with Crippen LogP contribution in [0, 0.1) is 0 Å². The average molecular weight is 280 g/mol. The van der Waals surface area contributed by atoms with Gasteiger partial charge in [0.1, 0.15) is 12.4 Å². The van der Waals surface area contributed by atoms with Gasteiger partial charge in [-0.25, -0.2) is 0 Å². The fourth-order valence-corrected chi connectivity index (χ4v) is 1.99. The van der Waals surface area contributed by atoms with Gasteiger partial charge in [0.2, 0.25) is 0 Å². The summed E-state index contributed by atoms with van der Waals surface area (Å²) in [6.07, 6.45) is 1.89. The highest BCUT2D eigenvalue weighted by Gasteiger charge is 2.04. The third-order valence-electron chi connectivity index (χ3n) is 2.72. The van der Waals surface area contributed by atoms with Gasteiger partial charge in [-0.1, -0.05) is 24.6 Å². The molecule has 0 atom stereocenters. The SMILES string of the molecule is CCNCc1ccc(OCc2ccn(C)n2)c(Cl)c1. The normalized spacial score (nSPS) is 10.7. The summed E-state index contributed by atoms with van der Waals surface area (Å²) in [7, 11) is 1.88. The second kappa shape index (κ2) is 6.59. The molecule has 0 amide bonds. The lowest BCUT2D eigenvalue weighted by atomic mass is 10.2. The molecule has 0 aliphatic rings. The molecule has 0 saturated heterocycles. The van der Waals surface area contributed by atoms with E-state index in [9.17, 15) is 0 Å². The molecule has 0 spiro atoms. The minimum absolute atomic E-state index is 0.424. The number of aryl methyl sites for hydroxylation is 1. The first kappa shape index (κ1) is 13.9. The molecule has 4 nitrogen and oxygen atoms in total. The first-order valence-electron chi connectivity index (χ1n) is 6.29. The van der Waals surface area contributed by atoms with Crippen molar-refractivity contribution in [3.05, 3.63) is 46.7 Å². The van der Waals surface area contributed by atoms with Crippen LogP contribution in [0.3, 0.4) is 0 Å². The van der Waals surface area contributed by atoms with Crippen LogP contribution in [-0.2, 0) is 20.2 Å². The topological polar surface area (TPSA) is 39.1 Å². The molecule has 5 heteroatoms. The number of hydrogen-bond acceptors (Lipinski definition) is 3. The monoisotopic (exact) mass is 279 g/mol. The van der Waals surface area contributed by atoms with E-state index in [1.165, 1.54) is 0 Å². The summed E-state index contributed by atoms with van der Waals surface area (Å²) < 4.78 is 7.42. The molecule has 1 aromatic carbocycles. The van der Waals surface area contributed by atoms with Crippen LogP contribution in [0.1, 0.15) is 18.2 Å². The Kier molecular flexibility index (Phi) is 4.82. The average Bonchev–Trinajstić information content (AvgIpc) is 2.81. The second-order valence-electron chi connectivity index (χ2n) is 4.31. The van der Waals surface area contributed by atoms with Crippen LogP contribution in [0.2, 0.25) is 5.02 Å². The Bertz CT molecular complexity index is 539. The highest BCUT2D eigenvalue weighted by Crippen LogP contribution is 2.26. The van der Waals surface area contributed by atoms with Crippen molar-refractivity contribution in [2.75, 3.05) is 6.54 Å². The molecule has 0 aliphatic heterocycles. The fraction of sp³-hybridized carbons (Fsp3) is 0.357. The molecule has 19 heavy (non-hydrogen) atoms. The van der Waals surface area contributed by atoms with Crippen molar-refractivity contribution < 1.29 is 4.74 Å². The van der Waals surface area contributed by atoms with Crippen molar-refractivity contribution in [1.29, 1.82) is 0 Å². The standard InChI is InChI=1S/C14H18ClN3O/c1-3-16-9-11-4-5-14(13(15)8-11)19-10-12-6-7-18(2)17-12/h4-8,16H,3,9-10H2,1-2H3. The van der Waals surface area contributed by atoms with Gasteiger partial charge < -0.3 is 10.1 Å². The maximum atomic E-state index is 6.20. The van der Waals surface area contributed by atoms with Crippen LogP contribution in [-0.4, -0.2) is 16.3 Å². The first-order valence-corrected chi connectivity index (χ1v) is 6.67. The van der Waals surface area contributed by atoms with E-state index >= 15 is 0 Å².